The highest BCUT2D eigenvalue weighted by Crippen LogP contribution is 2.41. The largest absolute Gasteiger partial charge is 0.478 e. The fraction of sp³-hybridized carbons (Fsp3) is 0.0667. The molecule has 0 bridgehead atoms. The summed E-state index contributed by atoms with van der Waals surface area (Å²) in [6, 6.07) is 8.97. The Morgan fingerprint density at radius 3 is 2.00 bits per heavy atom. The van der Waals surface area contributed by atoms with E-state index in [0.29, 0.717) is 0 Å². The van der Waals surface area contributed by atoms with Gasteiger partial charge < -0.3 is 14.9 Å². The number of aromatic carboxylic acids is 2. The quantitative estimate of drug-likeness (QED) is 0.890. The lowest BCUT2D eigenvalue weighted by atomic mass is 9.99. The highest BCUT2D eigenvalue weighted by Gasteiger charge is 2.41. The molecule has 0 fully saturated rings. The van der Waals surface area contributed by atoms with Gasteiger partial charge in [0.25, 0.3) is 0 Å². The van der Waals surface area contributed by atoms with E-state index < -0.39 is 40.6 Å². The van der Waals surface area contributed by atoms with Crippen LogP contribution in [0, 0.1) is 0 Å². The summed E-state index contributed by atoms with van der Waals surface area (Å²) in [6.07, 6.45) is -5.11. The van der Waals surface area contributed by atoms with E-state index in [4.69, 9.17) is 14.9 Å². The van der Waals surface area contributed by atoms with Gasteiger partial charge in [-0.15, -0.1) is 0 Å². The van der Waals surface area contributed by atoms with Crippen LogP contribution >= 0.6 is 0 Å². The average Bonchev–Trinajstić information content (AvgIpc) is 2.46. The Bertz CT molecular complexity index is 754. The van der Waals surface area contributed by atoms with Gasteiger partial charge in [-0.3, -0.25) is 0 Å². The van der Waals surface area contributed by atoms with Crippen LogP contribution in [0.4, 0.5) is 13.2 Å². The van der Waals surface area contributed by atoms with E-state index in [9.17, 15) is 22.8 Å². The molecule has 2 N–H and O–H groups in total. The summed E-state index contributed by atoms with van der Waals surface area (Å²) in [6.45, 7) is 0. The number of carboxylic acids is 2. The van der Waals surface area contributed by atoms with Crippen molar-refractivity contribution in [1.29, 1.82) is 0 Å². The molecule has 8 heteroatoms. The molecule has 0 saturated carbocycles. The van der Waals surface area contributed by atoms with Gasteiger partial charge in [0, 0.05) is 0 Å². The standard InChI is InChI=1S/C15H9F3O5/c16-15(17,18)12-10(23-8-4-2-1-3-5-8)7-6-9(13(19)20)11(12)14(21)22/h1-7H,(H,19,20)(H,21,22). The molecule has 2 aromatic rings. The van der Waals surface area contributed by atoms with Crippen LogP contribution in [0.5, 0.6) is 11.5 Å². The van der Waals surface area contributed by atoms with Crippen molar-refractivity contribution in [3.05, 3.63) is 59.2 Å². The maximum Gasteiger partial charge on any atom is 0.420 e. The number of hydrogen-bond acceptors (Lipinski definition) is 3. The van der Waals surface area contributed by atoms with E-state index in [1.54, 1.807) is 6.07 Å². The Labute approximate surface area is 127 Å². The number of hydrogen-bond donors (Lipinski definition) is 2. The minimum atomic E-state index is -5.11. The Kier molecular flexibility index (Phi) is 4.26. The van der Waals surface area contributed by atoms with E-state index in [0.717, 1.165) is 12.1 Å². The third-order valence-electron chi connectivity index (χ3n) is 2.87. The van der Waals surface area contributed by atoms with Crippen molar-refractivity contribution in [2.45, 2.75) is 6.18 Å². The number of para-hydroxylation sites is 1. The van der Waals surface area contributed by atoms with Crippen LogP contribution in [-0.2, 0) is 6.18 Å². The van der Waals surface area contributed by atoms with Gasteiger partial charge >= 0.3 is 18.1 Å². The van der Waals surface area contributed by atoms with E-state index in [1.807, 2.05) is 0 Å². The number of carboxylic acid groups (broad SMARTS) is 2. The van der Waals surface area contributed by atoms with Gasteiger partial charge in [-0.05, 0) is 24.3 Å². The normalized spacial score (nSPS) is 11.1. The van der Waals surface area contributed by atoms with Crippen LogP contribution in [0.3, 0.4) is 0 Å². The summed E-state index contributed by atoms with van der Waals surface area (Å²) in [7, 11) is 0. The van der Waals surface area contributed by atoms with Gasteiger partial charge in [0.1, 0.15) is 17.1 Å². The van der Waals surface area contributed by atoms with Crippen LogP contribution in [0.15, 0.2) is 42.5 Å². The summed E-state index contributed by atoms with van der Waals surface area (Å²) >= 11 is 0. The molecule has 0 atom stereocenters. The molecule has 23 heavy (non-hydrogen) atoms. The second kappa shape index (κ2) is 5.99. The molecule has 0 aliphatic rings. The van der Waals surface area contributed by atoms with E-state index in [2.05, 4.69) is 0 Å². The van der Waals surface area contributed by atoms with Crippen molar-refractivity contribution < 1.29 is 37.7 Å². The molecule has 0 aliphatic carbocycles. The molecular formula is C15H9F3O5. The minimum Gasteiger partial charge on any atom is -0.478 e. The monoisotopic (exact) mass is 326 g/mol. The van der Waals surface area contributed by atoms with Crippen molar-refractivity contribution in [3.63, 3.8) is 0 Å². The van der Waals surface area contributed by atoms with Crippen molar-refractivity contribution in [1.82, 2.24) is 0 Å². The Balaban J connectivity index is 2.70. The first-order valence-corrected chi connectivity index (χ1v) is 6.15. The lowest BCUT2D eigenvalue weighted by Crippen LogP contribution is -2.18. The Morgan fingerprint density at radius 1 is 0.913 bits per heavy atom. The van der Waals surface area contributed by atoms with Crippen molar-refractivity contribution in [2.75, 3.05) is 0 Å². The summed E-state index contributed by atoms with van der Waals surface area (Å²) in [5.74, 6) is -4.52. The first kappa shape index (κ1) is 16.3. The molecule has 0 saturated heterocycles. The predicted molar refractivity (Wildman–Crippen MR) is 71.9 cm³/mol. The molecule has 2 aromatic carbocycles. The molecular weight excluding hydrogens is 317 g/mol. The smallest absolute Gasteiger partial charge is 0.420 e. The molecule has 0 heterocycles. The second-order valence-corrected chi connectivity index (χ2v) is 4.38. The third-order valence-corrected chi connectivity index (χ3v) is 2.87. The van der Waals surface area contributed by atoms with Crippen LogP contribution in [0.1, 0.15) is 26.3 Å². The number of ether oxygens (including phenoxy) is 1. The summed E-state index contributed by atoms with van der Waals surface area (Å²) in [5.41, 5.74) is -3.97. The molecule has 0 spiro atoms. The molecule has 120 valence electrons. The van der Waals surface area contributed by atoms with Gasteiger partial charge in [-0.25, -0.2) is 9.59 Å². The summed E-state index contributed by atoms with van der Waals surface area (Å²) in [4.78, 5) is 22.2. The van der Waals surface area contributed by atoms with Gasteiger partial charge in [0.15, 0.2) is 0 Å². The number of benzene rings is 2. The van der Waals surface area contributed by atoms with Crippen molar-refractivity contribution >= 4 is 11.9 Å². The summed E-state index contributed by atoms with van der Waals surface area (Å²) in [5, 5.41) is 17.9. The van der Waals surface area contributed by atoms with Crippen LogP contribution in [-0.4, -0.2) is 22.2 Å². The van der Waals surface area contributed by atoms with Crippen molar-refractivity contribution in [3.8, 4) is 11.5 Å². The second-order valence-electron chi connectivity index (χ2n) is 4.38. The van der Waals surface area contributed by atoms with Crippen LogP contribution in [0.2, 0.25) is 0 Å². The van der Waals surface area contributed by atoms with Gasteiger partial charge in [-0.1, -0.05) is 18.2 Å². The van der Waals surface area contributed by atoms with E-state index in [1.165, 1.54) is 24.3 Å². The third kappa shape index (κ3) is 3.42. The van der Waals surface area contributed by atoms with E-state index in [-0.39, 0.29) is 5.75 Å². The van der Waals surface area contributed by atoms with Crippen LogP contribution < -0.4 is 4.74 Å². The first-order valence-electron chi connectivity index (χ1n) is 6.15. The van der Waals surface area contributed by atoms with Gasteiger partial charge in [0.2, 0.25) is 0 Å². The molecule has 5 nitrogen and oxygen atoms in total. The number of halogens is 3. The fourth-order valence-electron chi connectivity index (χ4n) is 1.97. The zero-order chi connectivity index (χ0) is 17.2. The zero-order valence-electron chi connectivity index (χ0n) is 11.3. The Hall–Kier alpha value is -3.03. The number of rotatable bonds is 4. The first-order chi connectivity index (χ1) is 10.7. The number of alkyl halides is 3. The zero-order valence-corrected chi connectivity index (χ0v) is 11.3. The molecule has 2 rings (SSSR count). The maximum atomic E-state index is 13.3. The highest BCUT2D eigenvalue weighted by atomic mass is 19.4. The topological polar surface area (TPSA) is 83.8 Å². The summed E-state index contributed by atoms with van der Waals surface area (Å²) < 4.78 is 44.9. The average molecular weight is 326 g/mol. The van der Waals surface area contributed by atoms with Crippen LogP contribution in [0.25, 0.3) is 0 Å². The maximum absolute atomic E-state index is 13.3. The number of carbonyl (C=O) groups is 2. The Morgan fingerprint density at radius 2 is 1.52 bits per heavy atom. The molecule has 0 aliphatic heterocycles. The molecule has 0 unspecified atom stereocenters. The fourth-order valence-corrected chi connectivity index (χ4v) is 1.97. The minimum absolute atomic E-state index is 0.0532. The predicted octanol–water partition coefficient (Wildman–Crippen LogP) is 3.89. The highest BCUT2D eigenvalue weighted by molar-refractivity contribution is 6.03. The van der Waals surface area contributed by atoms with Gasteiger partial charge in [0.05, 0.1) is 11.1 Å². The van der Waals surface area contributed by atoms with Crippen molar-refractivity contribution in [2.24, 2.45) is 0 Å². The van der Waals surface area contributed by atoms with E-state index >= 15 is 0 Å². The van der Waals surface area contributed by atoms with Gasteiger partial charge in [-0.2, -0.15) is 13.2 Å². The molecule has 0 radical (unpaired) electrons. The molecule has 0 amide bonds. The lowest BCUT2D eigenvalue weighted by Gasteiger charge is -2.17. The lowest BCUT2D eigenvalue weighted by molar-refractivity contribution is -0.139. The molecule has 0 aromatic heterocycles. The SMILES string of the molecule is O=C(O)c1ccc(Oc2ccccc2)c(C(F)(F)F)c1C(=O)O.